The zero-order chi connectivity index (χ0) is 14.7. The van der Waals surface area contributed by atoms with Crippen LogP contribution in [-0.2, 0) is 4.74 Å². The number of aryl methyl sites for hydroxylation is 2. The molecule has 1 aromatic carbocycles. The van der Waals surface area contributed by atoms with E-state index in [2.05, 4.69) is 5.10 Å². The molecule has 5 nitrogen and oxygen atoms in total. The summed E-state index contributed by atoms with van der Waals surface area (Å²) in [7, 11) is 0. The first kappa shape index (κ1) is 14.0. The van der Waals surface area contributed by atoms with Gasteiger partial charge in [0, 0.05) is 6.20 Å². The summed E-state index contributed by atoms with van der Waals surface area (Å²) in [4.78, 5) is 22.9. The van der Waals surface area contributed by atoms with Gasteiger partial charge in [-0.1, -0.05) is 18.2 Å². The van der Waals surface area contributed by atoms with Gasteiger partial charge in [0.15, 0.2) is 12.0 Å². The first-order chi connectivity index (χ1) is 9.58. The van der Waals surface area contributed by atoms with Crippen molar-refractivity contribution < 1.29 is 14.3 Å². The van der Waals surface area contributed by atoms with Crippen LogP contribution in [0, 0.1) is 13.8 Å². The zero-order valence-electron chi connectivity index (χ0n) is 11.7. The number of aromatic nitrogens is 2. The molecular weight excluding hydrogens is 256 g/mol. The minimum atomic E-state index is -0.584. The number of rotatable bonds is 4. The maximum atomic E-state index is 11.8. The van der Waals surface area contributed by atoms with Gasteiger partial charge in [-0.05, 0) is 31.9 Å². The van der Waals surface area contributed by atoms with E-state index >= 15 is 0 Å². The Hall–Kier alpha value is -2.43. The number of hydrogen-bond acceptors (Lipinski definition) is 4. The van der Waals surface area contributed by atoms with Gasteiger partial charge in [0.25, 0.3) is 0 Å². The van der Waals surface area contributed by atoms with E-state index in [1.807, 2.05) is 32.0 Å². The number of carbonyl (C=O) groups is 2. The molecule has 0 bridgehead atoms. The van der Waals surface area contributed by atoms with Gasteiger partial charge in [-0.15, -0.1) is 0 Å². The Morgan fingerprint density at radius 2 is 2.00 bits per heavy atom. The average molecular weight is 272 g/mol. The molecule has 1 aromatic heterocycles. The number of nitrogens with zero attached hydrogens (tertiary/aromatic N) is 2. The molecule has 0 aliphatic carbocycles. The Balaban J connectivity index is 2.54. The first-order valence-electron chi connectivity index (χ1n) is 6.37. The van der Waals surface area contributed by atoms with Gasteiger partial charge >= 0.3 is 5.97 Å². The molecule has 2 rings (SSSR count). The van der Waals surface area contributed by atoms with Crippen LogP contribution in [0.25, 0.3) is 5.69 Å². The SMILES string of the molecule is CCOC(=O)c1nn(-c2c(C)cccc2C)cc1C=O. The maximum Gasteiger partial charge on any atom is 0.359 e. The third-order valence-electron chi connectivity index (χ3n) is 3.01. The van der Waals surface area contributed by atoms with Crippen LogP contribution in [0.15, 0.2) is 24.4 Å². The third-order valence-corrected chi connectivity index (χ3v) is 3.01. The number of ether oxygens (including phenoxy) is 1. The highest BCUT2D eigenvalue weighted by atomic mass is 16.5. The smallest absolute Gasteiger partial charge is 0.359 e. The number of aldehydes is 1. The normalized spacial score (nSPS) is 10.3. The molecule has 5 heteroatoms. The van der Waals surface area contributed by atoms with E-state index in [0.717, 1.165) is 16.8 Å². The van der Waals surface area contributed by atoms with Gasteiger partial charge in [-0.3, -0.25) is 4.79 Å². The number of benzene rings is 1. The van der Waals surface area contributed by atoms with Crippen molar-refractivity contribution in [2.24, 2.45) is 0 Å². The van der Waals surface area contributed by atoms with E-state index in [4.69, 9.17) is 4.74 Å². The predicted molar refractivity (Wildman–Crippen MR) is 74.4 cm³/mol. The Bertz CT molecular complexity index is 639. The lowest BCUT2D eigenvalue weighted by atomic mass is 10.1. The number of carbonyl (C=O) groups excluding carboxylic acids is 2. The molecule has 0 unspecified atom stereocenters. The Morgan fingerprint density at radius 1 is 1.35 bits per heavy atom. The average Bonchev–Trinajstić information content (AvgIpc) is 2.83. The van der Waals surface area contributed by atoms with Crippen molar-refractivity contribution in [2.75, 3.05) is 6.61 Å². The summed E-state index contributed by atoms with van der Waals surface area (Å²) in [5.74, 6) is -0.584. The summed E-state index contributed by atoms with van der Waals surface area (Å²) in [6.07, 6.45) is 2.16. The molecule has 0 radical (unpaired) electrons. The van der Waals surface area contributed by atoms with E-state index in [1.54, 1.807) is 17.8 Å². The summed E-state index contributed by atoms with van der Waals surface area (Å²) in [6, 6.07) is 5.85. The highest BCUT2D eigenvalue weighted by molar-refractivity contribution is 5.96. The van der Waals surface area contributed by atoms with Crippen molar-refractivity contribution in [3.8, 4) is 5.69 Å². The van der Waals surface area contributed by atoms with Crippen LogP contribution in [0.5, 0.6) is 0 Å². The van der Waals surface area contributed by atoms with Crippen molar-refractivity contribution >= 4 is 12.3 Å². The van der Waals surface area contributed by atoms with E-state index in [1.165, 1.54) is 0 Å². The van der Waals surface area contributed by atoms with Gasteiger partial charge in [0.1, 0.15) is 0 Å². The second-order valence-corrected chi connectivity index (χ2v) is 4.46. The molecule has 0 atom stereocenters. The Labute approximate surface area is 117 Å². The summed E-state index contributed by atoms with van der Waals surface area (Å²) in [5, 5.41) is 4.20. The third kappa shape index (κ3) is 2.47. The van der Waals surface area contributed by atoms with Crippen LogP contribution in [0.2, 0.25) is 0 Å². The highest BCUT2D eigenvalue weighted by Crippen LogP contribution is 2.19. The second-order valence-electron chi connectivity index (χ2n) is 4.46. The zero-order valence-corrected chi connectivity index (χ0v) is 11.7. The topological polar surface area (TPSA) is 61.2 Å². The molecule has 0 aliphatic heterocycles. The minimum Gasteiger partial charge on any atom is -0.461 e. The molecule has 0 saturated heterocycles. The van der Waals surface area contributed by atoms with Crippen molar-refractivity contribution in [1.82, 2.24) is 9.78 Å². The number of esters is 1. The maximum absolute atomic E-state index is 11.8. The molecule has 1 heterocycles. The molecule has 0 fully saturated rings. The second kappa shape index (κ2) is 5.69. The quantitative estimate of drug-likeness (QED) is 0.633. The van der Waals surface area contributed by atoms with Crippen LogP contribution >= 0.6 is 0 Å². The molecular formula is C15H16N2O3. The molecule has 0 spiro atoms. The van der Waals surface area contributed by atoms with Crippen molar-refractivity contribution in [3.63, 3.8) is 0 Å². The predicted octanol–water partition coefficient (Wildman–Crippen LogP) is 2.48. The van der Waals surface area contributed by atoms with Gasteiger partial charge in [-0.2, -0.15) is 5.10 Å². The van der Waals surface area contributed by atoms with Crippen LogP contribution < -0.4 is 0 Å². The minimum absolute atomic E-state index is 0.0458. The molecule has 0 aliphatic rings. The van der Waals surface area contributed by atoms with Gasteiger partial charge < -0.3 is 4.74 Å². The molecule has 20 heavy (non-hydrogen) atoms. The Morgan fingerprint density at radius 3 is 2.55 bits per heavy atom. The monoisotopic (exact) mass is 272 g/mol. The van der Waals surface area contributed by atoms with E-state index in [0.29, 0.717) is 6.29 Å². The lowest BCUT2D eigenvalue weighted by Gasteiger charge is -2.09. The van der Waals surface area contributed by atoms with Crippen LogP contribution in [0.3, 0.4) is 0 Å². The Kier molecular flexibility index (Phi) is 3.98. The summed E-state index contributed by atoms with van der Waals surface area (Å²) in [5.41, 5.74) is 3.17. The van der Waals surface area contributed by atoms with Crippen LogP contribution in [0.4, 0.5) is 0 Å². The van der Waals surface area contributed by atoms with E-state index in [9.17, 15) is 9.59 Å². The standard InChI is InChI=1S/C15H16N2O3/c1-4-20-15(19)13-12(9-18)8-17(16-13)14-10(2)6-5-7-11(14)3/h5-9H,4H2,1-3H3. The first-order valence-corrected chi connectivity index (χ1v) is 6.37. The molecule has 0 saturated carbocycles. The van der Waals surface area contributed by atoms with Crippen molar-refractivity contribution in [2.45, 2.75) is 20.8 Å². The van der Waals surface area contributed by atoms with E-state index < -0.39 is 5.97 Å². The summed E-state index contributed by atoms with van der Waals surface area (Å²) in [6.45, 7) is 5.86. The lowest BCUT2D eigenvalue weighted by molar-refractivity contribution is 0.0517. The van der Waals surface area contributed by atoms with Crippen molar-refractivity contribution in [1.29, 1.82) is 0 Å². The van der Waals surface area contributed by atoms with Gasteiger partial charge in [0.2, 0.25) is 0 Å². The number of para-hydroxylation sites is 1. The summed E-state index contributed by atoms with van der Waals surface area (Å²) >= 11 is 0. The fourth-order valence-electron chi connectivity index (χ4n) is 2.11. The highest BCUT2D eigenvalue weighted by Gasteiger charge is 2.19. The molecule has 2 aromatic rings. The fraction of sp³-hybridized carbons (Fsp3) is 0.267. The van der Waals surface area contributed by atoms with Crippen LogP contribution in [0.1, 0.15) is 38.9 Å². The molecule has 0 N–H and O–H groups in total. The van der Waals surface area contributed by atoms with Gasteiger partial charge in [0.05, 0.1) is 17.9 Å². The number of hydrogen-bond donors (Lipinski definition) is 0. The summed E-state index contributed by atoms with van der Waals surface area (Å²) < 4.78 is 6.46. The van der Waals surface area contributed by atoms with Crippen LogP contribution in [-0.4, -0.2) is 28.6 Å². The molecule has 0 amide bonds. The molecule has 104 valence electrons. The van der Waals surface area contributed by atoms with Crippen molar-refractivity contribution in [3.05, 3.63) is 46.8 Å². The largest absolute Gasteiger partial charge is 0.461 e. The lowest BCUT2D eigenvalue weighted by Crippen LogP contribution is -2.09. The van der Waals surface area contributed by atoms with E-state index in [-0.39, 0.29) is 17.9 Å². The fourth-order valence-corrected chi connectivity index (χ4v) is 2.11. The van der Waals surface area contributed by atoms with Gasteiger partial charge in [-0.25, -0.2) is 9.48 Å².